The maximum atomic E-state index is 9.81. The first kappa shape index (κ1) is 13.3. The fourth-order valence-corrected chi connectivity index (χ4v) is 3.33. The summed E-state index contributed by atoms with van der Waals surface area (Å²) in [5.74, 6) is 0.889. The minimum Gasteiger partial charge on any atom is -0.508 e. The molecule has 1 atom stereocenters. The second-order valence-corrected chi connectivity index (χ2v) is 6.13. The Morgan fingerprint density at radius 2 is 1.88 bits per heavy atom. The monoisotopic (exact) mass is 314 g/mol. The van der Waals surface area contributed by atoms with Gasteiger partial charge in [-0.3, -0.25) is 0 Å². The molecule has 0 amide bonds. The van der Waals surface area contributed by atoms with Crippen molar-refractivity contribution in [2.24, 2.45) is 9.98 Å². The van der Waals surface area contributed by atoms with Gasteiger partial charge in [0.2, 0.25) is 0 Å². The van der Waals surface area contributed by atoms with Gasteiger partial charge in [-0.25, -0.2) is 9.98 Å². The maximum absolute atomic E-state index is 9.81. The highest BCUT2D eigenvalue weighted by atomic mass is 16.5. The summed E-state index contributed by atoms with van der Waals surface area (Å²) in [4.78, 5) is 9.55. The van der Waals surface area contributed by atoms with Crippen LogP contribution in [-0.4, -0.2) is 16.5 Å². The van der Waals surface area contributed by atoms with Crippen LogP contribution < -0.4 is 15.3 Å². The molecule has 1 spiro atoms. The third kappa shape index (κ3) is 1.74. The molecule has 0 bridgehead atoms. The number of benzene rings is 3. The molecule has 1 unspecified atom stereocenters. The Bertz CT molecular complexity index is 1130. The highest BCUT2D eigenvalue weighted by Gasteiger charge is 2.39. The Balaban J connectivity index is 1.76. The van der Waals surface area contributed by atoms with Gasteiger partial charge in [-0.2, -0.15) is 0 Å². The zero-order chi connectivity index (χ0) is 16.3. The van der Waals surface area contributed by atoms with Gasteiger partial charge in [0.1, 0.15) is 17.2 Å². The number of aliphatic imine (C=N–C) groups is 1. The zero-order valence-corrected chi connectivity index (χ0v) is 13.0. The predicted octanol–water partition coefficient (Wildman–Crippen LogP) is 2.84. The largest absolute Gasteiger partial charge is 0.508 e. The van der Waals surface area contributed by atoms with E-state index in [9.17, 15) is 5.11 Å². The molecule has 4 heteroatoms. The average molecular weight is 314 g/mol. The van der Waals surface area contributed by atoms with Crippen molar-refractivity contribution < 1.29 is 9.84 Å². The smallest absolute Gasteiger partial charge is 0.260 e. The van der Waals surface area contributed by atoms with E-state index < -0.39 is 5.72 Å². The van der Waals surface area contributed by atoms with E-state index >= 15 is 0 Å². The average Bonchev–Trinajstić information content (AvgIpc) is 2.95. The second-order valence-electron chi connectivity index (χ2n) is 6.13. The third-order valence-corrected chi connectivity index (χ3v) is 4.58. The predicted molar refractivity (Wildman–Crippen MR) is 93.4 cm³/mol. The molecule has 0 aromatic heterocycles. The van der Waals surface area contributed by atoms with Gasteiger partial charge in [0, 0.05) is 10.6 Å². The van der Waals surface area contributed by atoms with Crippen LogP contribution in [0, 0.1) is 0 Å². The molecule has 2 heterocycles. The van der Waals surface area contributed by atoms with Crippen LogP contribution in [-0.2, 0) is 0 Å². The number of phenolic OH excluding ortho intramolecular Hbond substituents is 1. The van der Waals surface area contributed by atoms with Crippen molar-refractivity contribution >= 4 is 28.2 Å². The van der Waals surface area contributed by atoms with Crippen LogP contribution in [0.1, 0.15) is 6.92 Å². The lowest BCUT2D eigenvalue weighted by Gasteiger charge is -2.30. The number of nitrogens with zero attached hydrogens (tertiary/aromatic N) is 2. The first-order valence-electron chi connectivity index (χ1n) is 7.83. The van der Waals surface area contributed by atoms with E-state index in [1.165, 1.54) is 0 Å². The minimum atomic E-state index is -0.874. The van der Waals surface area contributed by atoms with E-state index in [1.807, 2.05) is 55.5 Å². The van der Waals surface area contributed by atoms with Crippen molar-refractivity contribution in [1.82, 2.24) is 0 Å². The second kappa shape index (κ2) is 4.45. The van der Waals surface area contributed by atoms with Crippen LogP contribution >= 0.6 is 0 Å². The third-order valence-electron chi connectivity index (χ3n) is 4.58. The summed E-state index contributed by atoms with van der Waals surface area (Å²) < 4.78 is 6.29. The van der Waals surface area contributed by atoms with Crippen LogP contribution in [0.2, 0.25) is 0 Å². The number of hydrogen-bond donors (Lipinski definition) is 1. The fraction of sp³-hybridized carbons (Fsp3) is 0.100. The molecular formula is C20H14N2O2. The SMILES string of the molecule is CC1=Nc2c(ccc3ccc(O)cc23)OC12C=c1ccccc1=N2. The molecule has 5 rings (SSSR count). The number of rotatable bonds is 0. The number of para-hydroxylation sites is 1. The van der Waals surface area contributed by atoms with Crippen molar-refractivity contribution in [3.05, 3.63) is 65.2 Å². The van der Waals surface area contributed by atoms with Gasteiger partial charge in [-0.15, -0.1) is 0 Å². The maximum Gasteiger partial charge on any atom is 0.260 e. The number of phenols is 1. The Hall–Kier alpha value is -3.14. The van der Waals surface area contributed by atoms with E-state index in [2.05, 4.69) is 0 Å². The Labute approximate surface area is 138 Å². The molecular weight excluding hydrogens is 300 g/mol. The van der Waals surface area contributed by atoms with E-state index in [0.29, 0.717) is 5.75 Å². The Morgan fingerprint density at radius 1 is 1.04 bits per heavy atom. The van der Waals surface area contributed by atoms with Crippen molar-refractivity contribution in [3.8, 4) is 11.5 Å². The van der Waals surface area contributed by atoms with Gasteiger partial charge < -0.3 is 9.84 Å². The molecule has 116 valence electrons. The first-order valence-corrected chi connectivity index (χ1v) is 7.83. The lowest BCUT2D eigenvalue weighted by Crippen LogP contribution is -2.40. The fourth-order valence-electron chi connectivity index (χ4n) is 3.33. The normalized spacial score (nSPS) is 20.6. The van der Waals surface area contributed by atoms with Gasteiger partial charge in [0.05, 0.1) is 11.1 Å². The van der Waals surface area contributed by atoms with Gasteiger partial charge >= 0.3 is 0 Å². The van der Waals surface area contributed by atoms with Crippen molar-refractivity contribution in [2.75, 3.05) is 0 Å². The lowest BCUT2D eigenvalue weighted by atomic mass is 10.0. The van der Waals surface area contributed by atoms with Crippen molar-refractivity contribution in [2.45, 2.75) is 12.6 Å². The molecule has 24 heavy (non-hydrogen) atoms. The number of ether oxygens (including phenoxy) is 1. The topological polar surface area (TPSA) is 54.2 Å². The van der Waals surface area contributed by atoms with Crippen molar-refractivity contribution in [3.63, 3.8) is 0 Å². The first-order chi connectivity index (χ1) is 11.6. The zero-order valence-electron chi connectivity index (χ0n) is 13.0. The molecule has 3 aromatic carbocycles. The summed E-state index contributed by atoms with van der Waals surface area (Å²) in [5, 5.41) is 13.7. The van der Waals surface area contributed by atoms with Gasteiger partial charge in [-0.1, -0.05) is 30.3 Å². The molecule has 4 nitrogen and oxygen atoms in total. The van der Waals surface area contributed by atoms with E-state index in [1.54, 1.807) is 12.1 Å². The Kier molecular flexibility index (Phi) is 2.47. The molecule has 2 aliphatic rings. The summed E-state index contributed by atoms with van der Waals surface area (Å²) in [6.07, 6.45) is 2.01. The standard InChI is InChI=1S/C20H14N2O2/c1-12-20(11-14-4-2-3-5-17(14)22-20)24-18-9-7-13-6-8-15(23)10-16(13)19(18)21-12/h2-11,23H,1H3. The van der Waals surface area contributed by atoms with Crippen LogP contribution in [0.25, 0.3) is 16.8 Å². The van der Waals surface area contributed by atoms with E-state index in [-0.39, 0.29) is 5.75 Å². The van der Waals surface area contributed by atoms with Crippen LogP contribution in [0.3, 0.4) is 0 Å². The number of fused-ring (bicyclic) bond motifs is 4. The van der Waals surface area contributed by atoms with Gasteiger partial charge in [0.15, 0.2) is 0 Å². The van der Waals surface area contributed by atoms with Crippen LogP contribution in [0.15, 0.2) is 64.6 Å². The molecule has 1 N–H and O–H groups in total. The molecule has 0 fully saturated rings. The molecule has 0 aliphatic carbocycles. The minimum absolute atomic E-state index is 0.216. The molecule has 0 saturated heterocycles. The van der Waals surface area contributed by atoms with E-state index in [4.69, 9.17) is 14.7 Å². The summed E-state index contributed by atoms with van der Waals surface area (Å²) >= 11 is 0. The summed E-state index contributed by atoms with van der Waals surface area (Å²) in [6, 6.07) is 17.1. The van der Waals surface area contributed by atoms with Crippen molar-refractivity contribution in [1.29, 1.82) is 0 Å². The highest BCUT2D eigenvalue weighted by Crippen LogP contribution is 2.43. The van der Waals surface area contributed by atoms with Crippen LogP contribution in [0.4, 0.5) is 5.69 Å². The molecule has 0 radical (unpaired) electrons. The number of hydrogen-bond acceptors (Lipinski definition) is 4. The molecule has 2 aliphatic heterocycles. The highest BCUT2D eigenvalue weighted by molar-refractivity contribution is 6.05. The van der Waals surface area contributed by atoms with Gasteiger partial charge in [-0.05, 0) is 42.7 Å². The quantitative estimate of drug-likeness (QED) is 0.694. The Morgan fingerprint density at radius 3 is 2.75 bits per heavy atom. The molecule has 3 aromatic rings. The lowest BCUT2D eigenvalue weighted by molar-refractivity contribution is 0.212. The van der Waals surface area contributed by atoms with E-state index in [0.717, 1.165) is 32.7 Å². The summed E-state index contributed by atoms with van der Waals surface area (Å²) in [5.41, 5.74) is 0.648. The van der Waals surface area contributed by atoms with Crippen LogP contribution in [0.5, 0.6) is 11.5 Å². The van der Waals surface area contributed by atoms with Gasteiger partial charge in [0.25, 0.3) is 5.72 Å². The number of aromatic hydroxyl groups is 1. The summed E-state index contributed by atoms with van der Waals surface area (Å²) in [7, 11) is 0. The molecule has 0 saturated carbocycles. The summed E-state index contributed by atoms with van der Waals surface area (Å²) in [6.45, 7) is 1.93.